The summed E-state index contributed by atoms with van der Waals surface area (Å²) in [5.74, 6) is -3.93. The second kappa shape index (κ2) is 11.8. The Morgan fingerprint density at radius 3 is 2.41 bits per heavy atom. The topological polar surface area (TPSA) is 83.6 Å². The maximum absolute atomic E-state index is 15.5. The third kappa shape index (κ3) is 7.23. The van der Waals surface area contributed by atoms with E-state index in [1.165, 1.54) is 36.4 Å². The van der Waals surface area contributed by atoms with Gasteiger partial charge in [0.15, 0.2) is 0 Å². The number of alkyl halides is 3. The van der Waals surface area contributed by atoms with Crippen molar-refractivity contribution < 1.29 is 40.0 Å². The number of para-hydroxylation sites is 1. The number of amides is 1. The summed E-state index contributed by atoms with van der Waals surface area (Å²) < 4.78 is 98.0. The van der Waals surface area contributed by atoms with Gasteiger partial charge in [0.2, 0.25) is 15.9 Å². The first-order valence-corrected chi connectivity index (χ1v) is 14.7. The first kappa shape index (κ1) is 30.4. The number of anilines is 2. The average molecular weight is 615 g/mol. The second-order valence-corrected chi connectivity index (χ2v) is 11.9. The third-order valence-corrected chi connectivity index (χ3v) is 7.45. The maximum atomic E-state index is 15.5. The number of nitrogens with zero attached hydrogens (tertiary/aromatic N) is 1. The van der Waals surface area contributed by atoms with Crippen LogP contribution in [-0.2, 0) is 32.2 Å². The molecule has 6 nitrogen and oxygen atoms in total. The quantitative estimate of drug-likeness (QED) is 0.289. The van der Waals surface area contributed by atoms with Crippen molar-refractivity contribution in [3.05, 3.63) is 82.4 Å². The molecule has 1 aliphatic heterocycles. The zero-order valence-electron chi connectivity index (χ0n) is 21.6. The van der Waals surface area contributed by atoms with E-state index in [1.807, 2.05) is 0 Å². The number of halogens is 6. The molecule has 1 N–H and O–H groups in total. The fraction of sp³-hybridized carbons (Fsp3) is 0.286. The highest BCUT2D eigenvalue weighted by molar-refractivity contribution is 7.92. The number of rotatable bonds is 8. The van der Waals surface area contributed by atoms with E-state index in [2.05, 4.69) is 4.72 Å². The van der Waals surface area contributed by atoms with Gasteiger partial charge in [0, 0.05) is 35.9 Å². The van der Waals surface area contributed by atoms with Crippen molar-refractivity contribution in [1.29, 1.82) is 0 Å². The lowest BCUT2D eigenvalue weighted by molar-refractivity contribution is -0.137. The molecule has 1 amide bonds. The zero-order valence-corrected chi connectivity index (χ0v) is 23.1. The number of Topliss-reactive ketones (excluding diaryl/α,β-unsaturated/α-hetero) is 1. The van der Waals surface area contributed by atoms with E-state index < -0.39 is 62.3 Å². The fourth-order valence-electron chi connectivity index (χ4n) is 4.84. The Morgan fingerprint density at radius 2 is 1.76 bits per heavy atom. The van der Waals surface area contributed by atoms with E-state index in [-0.39, 0.29) is 47.6 Å². The van der Waals surface area contributed by atoms with Crippen LogP contribution >= 0.6 is 11.6 Å². The highest BCUT2D eigenvalue weighted by atomic mass is 35.5. The van der Waals surface area contributed by atoms with Crippen molar-refractivity contribution in [3.8, 4) is 11.1 Å². The highest BCUT2D eigenvalue weighted by Gasteiger charge is 2.38. The molecule has 3 aromatic rings. The average Bonchev–Trinajstić information content (AvgIpc) is 2.86. The Bertz CT molecular complexity index is 1610. The maximum Gasteiger partial charge on any atom is 0.417 e. The fourth-order valence-corrected chi connectivity index (χ4v) is 5.57. The van der Waals surface area contributed by atoms with Gasteiger partial charge in [0.25, 0.3) is 0 Å². The van der Waals surface area contributed by atoms with Crippen LogP contribution < -0.4 is 9.62 Å². The van der Waals surface area contributed by atoms with Crippen molar-refractivity contribution in [2.75, 3.05) is 22.4 Å². The first-order chi connectivity index (χ1) is 19.1. The Hall–Kier alpha value is -3.51. The summed E-state index contributed by atoms with van der Waals surface area (Å²) >= 11 is 5.73. The highest BCUT2D eigenvalue weighted by Crippen LogP contribution is 2.43. The summed E-state index contributed by atoms with van der Waals surface area (Å²) in [6, 6.07) is 10.2. The molecule has 1 saturated heterocycles. The van der Waals surface area contributed by atoms with Crippen LogP contribution in [0.25, 0.3) is 11.1 Å². The van der Waals surface area contributed by atoms with Crippen LogP contribution in [0, 0.1) is 17.6 Å². The van der Waals surface area contributed by atoms with Gasteiger partial charge in [-0.15, -0.1) is 0 Å². The van der Waals surface area contributed by atoms with Gasteiger partial charge in [-0.25, -0.2) is 17.2 Å². The van der Waals surface area contributed by atoms with Gasteiger partial charge >= 0.3 is 6.18 Å². The first-order valence-electron chi connectivity index (χ1n) is 12.4. The van der Waals surface area contributed by atoms with E-state index in [4.69, 9.17) is 11.6 Å². The lowest BCUT2D eigenvalue weighted by atomic mass is 9.89. The van der Waals surface area contributed by atoms with Crippen molar-refractivity contribution >= 4 is 44.7 Å². The minimum absolute atomic E-state index is 0.0743. The largest absolute Gasteiger partial charge is 0.417 e. The second-order valence-electron chi connectivity index (χ2n) is 9.75. The molecular formula is C28H24ClF5N2O4S. The number of carbonyl (C=O) groups excluding carboxylic acids is 2. The number of carbonyl (C=O) groups is 2. The number of benzene rings is 3. The predicted molar refractivity (Wildman–Crippen MR) is 145 cm³/mol. The Balaban J connectivity index is 1.65. The molecule has 0 spiro atoms. The smallest absolute Gasteiger partial charge is 0.309 e. The molecule has 1 fully saturated rings. The number of nitrogens with one attached hydrogen (secondary N) is 1. The van der Waals surface area contributed by atoms with E-state index in [0.29, 0.717) is 18.6 Å². The normalized spacial score (nSPS) is 16.1. The molecule has 0 saturated carbocycles. The van der Waals surface area contributed by atoms with Crippen molar-refractivity contribution in [2.24, 2.45) is 5.92 Å². The molecule has 0 radical (unpaired) electrons. The Labute approximate surface area is 238 Å². The predicted octanol–water partition coefficient (Wildman–Crippen LogP) is 6.62. The zero-order chi connectivity index (χ0) is 30.1. The Kier molecular flexibility index (Phi) is 8.74. The number of ketones is 1. The minimum atomic E-state index is -4.99. The summed E-state index contributed by atoms with van der Waals surface area (Å²) in [5.41, 5.74) is -2.81. The number of piperidine rings is 1. The molecule has 0 aromatic heterocycles. The van der Waals surface area contributed by atoms with E-state index >= 15 is 4.39 Å². The lowest BCUT2D eigenvalue weighted by Gasteiger charge is -2.33. The van der Waals surface area contributed by atoms with Gasteiger partial charge in [-0.1, -0.05) is 35.9 Å². The molecule has 1 aliphatic rings. The Morgan fingerprint density at radius 1 is 1.05 bits per heavy atom. The molecule has 0 unspecified atom stereocenters. The van der Waals surface area contributed by atoms with Crippen molar-refractivity contribution in [1.82, 2.24) is 0 Å². The molecular weight excluding hydrogens is 591 g/mol. The molecule has 218 valence electrons. The molecule has 1 heterocycles. The van der Waals surface area contributed by atoms with Crippen LogP contribution in [-0.4, -0.2) is 32.9 Å². The summed E-state index contributed by atoms with van der Waals surface area (Å²) in [6.45, 7) is -0.0743. The summed E-state index contributed by atoms with van der Waals surface area (Å²) in [5, 5.41) is 0.151. The number of hydrogen-bond donors (Lipinski definition) is 1. The summed E-state index contributed by atoms with van der Waals surface area (Å²) in [7, 11) is -3.87. The van der Waals surface area contributed by atoms with Crippen LogP contribution in [0.1, 0.15) is 30.4 Å². The molecule has 1 atom stereocenters. The molecule has 41 heavy (non-hydrogen) atoms. The van der Waals surface area contributed by atoms with Gasteiger partial charge < -0.3 is 4.90 Å². The van der Waals surface area contributed by atoms with Gasteiger partial charge in [0.05, 0.1) is 23.2 Å². The SMILES string of the molecule is CS(=O)(=O)Nc1ccccc1-c1cc(F)c(N2CCC[C@@H](CC(=O)Cc3ccc(Cl)cc3F)C2=O)cc1C(F)(F)F. The minimum Gasteiger partial charge on any atom is -0.309 e. The summed E-state index contributed by atoms with van der Waals surface area (Å²) in [6.07, 6.45) is -4.23. The van der Waals surface area contributed by atoms with Crippen LogP contribution in [0.2, 0.25) is 5.02 Å². The van der Waals surface area contributed by atoms with Gasteiger partial charge in [0.1, 0.15) is 17.4 Å². The summed E-state index contributed by atoms with van der Waals surface area (Å²) in [4.78, 5) is 26.8. The van der Waals surface area contributed by atoms with Crippen LogP contribution in [0.5, 0.6) is 0 Å². The van der Waals surface area contributed by atoms with Crippen molar-refractivity contribution in [2.45, 2.75) is 31.9 Å². The monoisotopic (exact) mass is 614 g/mol. The van der Waals surface area contributed by atoms with E-state index in [0.717, 1.165) is 17.2 Å². The molecule has 13 heteroatoms. The number of hydrogen-bond acceptors (Lipinski definition) is 4. The van der Waals surface area contributed by atoms with Crippen molar-refractivity contribution in [3.63, 3.8) is 0 Å². The molecule has 0 bridgehead atoms. The molecule has 3 aromatic carbocycles. The van der Waals surface area contributed by atoms with Gasteiger partial charge in [-0.3, -0.25) is 14.3 Å². The third-order valence-electron chi connectivity index (χ3n) is 6.62. The lowest BCUT2D eigenvalue weighted by Crippen LogP contribution is -2.42. The van der Waals surface area contributed by atoms with E-state index in [9.17, 15) is 35.6 Å². The van der Waals surface area contributed by atoms with Crippen LogP contribution in [0.3, 0.4) is 0 Å². The molecule has 0 aliphatic carbocycles. The van der Waals surface area contributed by atoms with Crippen LogP contribution in [0.15, 0.2) is 54.6 Å². The van der Waals surface area contributed by atoms with E-state index in [1.54, 1.807) is 0 Å². The standard InChI is InChI=1S/C28H24ClF5N2O4S/c1-41(39,40)35-25-7-3-2-6-20(25)21-14-24(31)26(15-22(21)28(32,33)34)36-10-4-5-17(27(36)38)12-19(37)11-16-8-9-18(29)13-23(16)30/h2-3,6-9,13-15,17,35H,4-5,10-12H2,1H3/t17-/m0/s1. The van der Waals surface area contributed by atoms with Gasteiger partial charge in [-0.05, 0) is 54.3 Å². The van der Waals surface area contributed by atoms with Gasteiger partial charge in [-0.2, -0.15) is 13.2 Å². The van der Waals surface area contributed by atoms with Crippen LogP contribution in [0.4, 0.5) is 33.3 Å². The number of sulfonamides is 1. The molecule has 4 rings (SSSR count).